The molecule has 1 aromatic heterocycles. The maximum atomic E-state index is 14.3. The van der Waals surface area contributed by atoms with Crippen LogP contribution in [0.3, 0.4) is 0 Å². The summed E-state index contributed by atoms with van der Waals surface area (Å²) in [4.78, 5) is 29.5. The molecule has 0 aliphatic carbocycles. The summed E-state index contributed by atoms with van der Waals surface area (Å²) in [5.41, 5.74) is 1.11. The number of hydrogen-bond acceptors (Lipinski definition) is 5. The molecule has 2 saturated heterocycles. The quantitative estimate of drug-likeness (QED) is 0.670. The number of benzene rings is 1. The van der Waals surface area contributed by atoms with Crippen molar-refractivity contribution >= 4 is 33.2 Å². The zero-order chi connectivity index (χ0) is 23.8. The molecule has 2 fully saturated rings. The maximum Gasteiger partial charge on any atom is 0.250 e. The van der Waals surface area contributed by atoms with Gasteiger partial charge in [-0.05, 0) is 63.3 Å². The Morgan fingerprint density at radius 3 is 2.58 bits per heavy atom. The van der Waals surface area contributed by atoms with E-state index in [1.54, 1.807) is 36.9 Å². The molecular weight excluding hydrogens is 465 g/mol. The largest absolute Gasteiger partial charge is 0.341 e. The molecule has 1 unspecified atom stereocenters. The Morgan fingerprint density at radius 2 is 1.88 bits per heavy atom. The summed E-state index contributed by atoms with van der Waals surface area (Å²) in [5.74, 6) is -0.893. The summed E-state index contributed by atoms with van der Waals surface area (Å²) in [7, 11) is -3.97. The first-order chi connectivity index (χ1) is 15.7. The van der Waals surface area contributed by atoms with Gasteiger partial charge < -0.3 is 9.80 Å². The standard InChI is InChI=1S/C23H28FN3O4S2/c1-15-6-7-17(18(24)14-15)20-8-9-21(32-20)33(30,31)25-19-10-13-27(23(19)29)16(2)22(28)26-11-4-3-5-12-26/h6-9,14,16,19,25H,3-5,10-13H2,1-2H3/t16-,19?/m0/s1. The number of carbonyl (C=O) groups excluding carboxylic acids is 2. The predicted molar refractivity (Wildman–Crippen MR) is 125 cm³/mol. The Balaban J connectivity index is 1.44. The van der Waals surface area contributed by atoms with E-state index in [9.17, 15) is 22.4 Å². The lowest BCUT2D eigenvalue weighted by molar-refractivity contribution is -0.143. The molecule has 33 heavy (non-hydrogen) atoms. The Kier molecular flexibility index (Phi) is 6.88. The van der Waals surface area contributed by atoms with Crippen molar-refractivity contribution in [2.24, 2.45) is 0 Å². The number of thiophene rings is 1. The van der Waals surface area contributed by atoms with E-state index in [0.29, 0.717) is 36.5 Å². The lowest BCUT2D eigenvalue weighted by Gasteiger charge is -2.32. The van der Waals surface area contributed by atoms with Gasteiger partial charge in [-0.25, -0.2) is 12.8 Å². The van der Waals surface area contributed by atoms with Crippen molar-refractivity contribution in [1.29, 1.82) is 0 Å². The van der Waals surface area contributed by atoms with Crippen molar-refractivity contribution < 1.29 is 22.4 Å². The van der Waals surface area contributed by atoms with Gasteiger partial charge in [-0.15, -0.1) is 11.3 Å². The van der Waals surface area contributed by atoms with Crippen molar-refractivity contribution in [3.05, 3.63) is 41.7 Å². The molecule has 0 radical (unpaired) electrons. The monoisotopic (exact) mass is 493 g/mol. The first-order valence-electron chi connectivity index (χ1n) is 11.2. The summed E-state index contributed by atoms with van der Waals surface area (Å²) in [6.07, 6.45) is 3.32. The zero-order valence-electron chi connectivity index (χ0n) is 18.7. The van der Waals surface area contributed by atoms with Gasteiger partial charge in [0.25, 0.3) is 10.0 Å². The summed E-state index contributed by atoms with van der Waals surface area (Å²) in [6.45, 7) is 5.20. The van der Waals surface area contributed by atoms with E-state index in [1.807, 2.05) is 0 Å². The van der Waals surface area contributed by atoms with Gasteiger partial charge in [0.15, 0.2) is 0 Å². The first kappa shape index (κ1) is 23.8. The Labute approximate surface area is 197 Å². The van der Waals surface area contributed by atoms with E-state index in [2.05, 4.69) is 4.72 Å². The van der Waals surface area contributed by atoms with Crippen LogP contribution in [0, 0.1) is 12.7 Å². The van der Waals surface area contributed by atoms with Crippen molar-refractivity contribution in [1.82, 2.24) is 14.5 Å². The molecule has 178 valence electrons. The van der Waals surface area contributed by atoms with Crippen LogP contribution in [-0.2, 0) is 19.6 Å². The third-order valence-electron chi connectivity index (χ3n) is 6.27. The van der Waals surface area contributed by atoms with E-state index >= 15 is 0 Å². The van der Waals surface area contributed by atoms with Gasteiger partial charge in [-0.2, -0.15) is 4.72 Å². The van der Waals surface area contributed by atoms with Crippen LogP contribution in [-0.4, -0.2) is 61.7 Å². The molecule has 2 aromatic rings. The molecule has 2 amide bonds. The van der Waals surface area contributed by atoms with Crippen molar-refractivity contribution in [2.45, 2.75) is 55.8 Å². The SMILES string of the molecule is Cc1ccc(-c2ccc(S(=O)(=O)NC3CCN([C@@H](C)C(=O)N4CCCCC4)C3=O)s2)c(F)c1. The highest BCUT2D eigenvalue weighted by molar-refractivity contribution is 7.91. The highest BCUT2D eigenvalue weighted by atomic mass is 32.2. The highest BCUT2D eigenvalue weighted by Crippen LogP contribution is 2.33. The molecule has 0 spiro atoms. The number of carbonyl (C=O) groups is 2. The minimum absolute atomic E-state index is 0.0150. The molecule has 0 saturated carbocycles. The summed E-state index contributed by atoms with van der Waals surface area (Å²) in [5, 5.41) is 0. The minimum Gasteiger partial charge on any atom is -0.341 e. The van der Waals surface area contributed by atoms with E-state index in [1.165, 1.54) is 17.0 Å². The molecule has 7 nitrogen and oxygen atoms in total. The number of aryl methyl sites for hydroxylation is 1. The average Bonchev–Trinajstić information content (AvgIpc) is 3.41. The molecule has 0 bridgehead atoms. The van der Waals surface area contributed by atoms with Crippen molar-refractivity contribution in [3.8, 4) is 10.4 Å². The third-order valence-corrected chi connectivity index (χ3v) is 9.35. The number of sulfonamides is 1. The Hall–Kier alpha value is -2.30. The number of likely N-dealkylation sites (tertiary alicyclic amines) is 2. The van der Waals surface area contributed by atoms with E-state index in [-0.39, 0.29) is 10.1 Å². The predicted octanol–water partition coefficient (Wildman–Crippen LogP) is 3.14. The number of amides is 2. The lowest BCUT2D eigenvalue weighted by atomic mass is 10.1. The molecule has 3 heterocycles. The fourth-order valence-electron chi connectivity index (χ4n) is 4.38. The highest BCUT2D eigenvalue weighted by Gasteiger charge is 2.40. The zero-order valence-corrected chi connectivity index (χ0v) is 20.3. The number of hydrogen-bond donors (Lipinski definition) is 1. The van der Waals surface area contributed by atoms with E-state index < -0.39 is 33.8 Å². The van der Waals surface area contributed by atoms with Crippen molar-refractivity contribution in [2.75, 3.05) is 19.6 Å². The van der Waals surface area contributed by atoms with Gasteiger partial charge in [-0.1, -0.05) is 12.1 Å². The lowest BCUT2D eigenvalue weighted by Crippen LogP contribution is -2.51. The topological polar surface area (TPSA) is 86.8 Å². The van der Waals surface area contributed by atoms with Crippen LogP contribution in [0.2, 0.25) is 0 Å². The summed E-state index contributed by atoms with van der Waals surface area (Å²) < 4.78 is 42.7. The molecule has 2 aliphatic heterocycles. The smallest absolute Gasteiger partial charge is 0.250 e. The minimum atomic E-state index is -3.97. The van der Waals surface area contributed by atoms with Gasteiger partial charge in [-0.3, -0.25) is 9.59 Å². The number of halogens is 1. The maximum absolute atomic E-state index is 14.3. The van der Waals surface area contributed by atoms with E-state index in [4.69, 9.17) is 0 Å². The Bertz CT molecular complexity index is 1160. The Morgan fingerprint density at radius 1 is 1.15 bits per heavy atom. The molecule has 1 N–H and O–H groups in total. The molecular formula is C23H28FN3O4S2. The molecule has 4 rings (SSSR count). The van der Waals surface area contributed by atoms with Gasteiger partial charge in [0.1, 0.15) is 22.1 Å². The second-order valence-electron chi connectivity index (χ2n) is 8.66. The van der Waals surface area contributed by atoms with Crippen molar-refractivity contribution in [3.63, 3.8) is 0 Å². The first-order valence-corrected chi connectivity index (χ1v) is 13.5. The number of nitrogens with zero attached hydrogens (tertiary/aromatic N) is 2. The number of rotatable bonds is 6. The third kappa shape index (κ3) is 4.97. The molecule has 10 heteroatoms. The summed E-state index contributed by atoms with van der Waals surface area (Å²) in [6, 6.07) is 6.23. The second kappa shape index (κ2) is 9.52. The van der Waals surface area contributed by atoms with Gasteiger partial charge in [0.05, 0.1) is 0 Å². The van der Waals surface area contributed by atoms with Gasteiger partial charge in [0.2, 0.25) is 11.8 Å². The van der Waals surface area contributed by atoms with Crippen LogP contribution in [0.25, 0.3) is 10.4 Å². The average molecular weight is 494 g/mol. The summed E-state index contributed by atoms with van der Waals surface area (Å²) >= 11 is 0.952. The van der Waals surface area contributed by atoms with Gasteiger partial charge in [0, 0.05) is 30.1 Å². The number of nitrogens with one attached hydrogen (secondary N) is 1. The van der Waals surface area contributed by atoms with Crippen LogP contribution in [0.5, 0.6) is 0 Å². The van der Waals surface area contributed by atoms with Crippen LogP contribution in [0.15, 0.2) is 34.5 Å². The fraction of sp³-hybridized carbons (Fsp3) is 0.478. The van der Waals surface area contributed by atoms with Crippen LogP contribution in [0.4, 0.5) is 4.39 Å². The normalized spacial score (nSPS) is 20.3. The molecule has 2 aliphatic rings. The molecule has 2 atom stereocenters. The second-order valence-corrected chi connectivity index (χ2v) is 11.7. The fourth-order valence-corrected chi connectivity index (χ4v) is 6.96. The number of piperidine rings is 1. The van der Waals surface area contributed by atoms with Crippen LogP contribution in [0.1, 0.15) is 38.2 Å². The molecule has 1 aromatic carbocycles. The van der Waals surface area contributed by atoms with Gasteiger partial charge >= 0.3 is 0 Å². The van der Waals surface area contributed by atoms with E-state index in [0.717, 1.165) is 36.2 Å². The van der Waals surface area contributed by atoms with Crippen LogP contribution < -0.4 is 4.72 Å². The van der Waals surface area contributed by atoms with Crippen LogP contribution >= 0.6 is 11.3 Å².